The highest BCUT2D eigenvalue weighted by Crippen LogP contribution is 2.30. The number of benzene rings is 1. The van der Waals surface area contributed by atoms with E-state index in [1.807, 2.05) is 29.5 Å². The maximum Gasteiger partial charge on any atom is 0.0519 e. The van der Waals surface area contributed by atoms with Gasteiger partial charge < -0.3 is 0 Å². The van der Waals surface area contributed by atoms with Crippen LogP contribution in [0.3, 0.4) is 0 Å². The van der Waals surface area contributed by atoms with E-state index in [-0.39, 0.29) is 6.04 Å². The van der Waals surface area contributed by atoms with Gasteiger partial charge in [-0.05, 0) is 36.2 Å². The lowest BCUT2D eigenvalue weighted by Crippen LogP contribution is -2.29. The molecule has 0 saturated heterocycles. The topological polar surface area (TPSA) is 38.0 Å². The van der Waals surface area contributed by atoms with Crippen LogP contribution < -0.4 is 11.3 Å². The lowest BCUT2D eigenvalue weighted by Gasteiger charge is -2.17. The molecule has 19 heavy (non-hydrogen) atoms. The number of rotatable bonds is 5. The van der Waals surface area contributed by atoms with Crippen LogP contribution in [-0.2, 0) is 12.8 Å². The fraction of sp³-hybridized carbons (Fsp3) is 0.286. The summed E-state index contributed by atoms with van der Waals surface area (Å²) in [4.78, 5) is 2.74. The third kappa shape index (κ3) is 3.80. The molecule has 1 heterocycles. The van der Waals surface area contributed by atoms with E-state index in [2.05, 4.69) is 40.4 Å². The average molecular weight is 360 g/mol. The quantitative estimate of drug-likeness (QED) is 0.610. The van der Waals surface area contributed by atoms with Gasteiger partial charge in [0.25, 0.3) is 0 Å². The van der Waals surface area contributed by atoms with Crippen molar-refractivity contribution in [2.75, 3.05) is 0 Å². The van der Waals surface area contributed by atoms with Crippen molar-refractivity contribution in [1.82, 2.24) is 5.43 Å². The molecule has 0 bridgehead atoms. The number of aryl methyl sites for hydroxylation is 1. The molecule has 0 amide bonds. The summed E-state index contributed by atoms with van der Waals surface area (Å²) in [6.07, 6.45) is 1.96. The van der Waals surface area contributed by atoms with Crippen molar-refractivity contribution in [3.8, 4) is 0 Å². The fourth-order valence-electron chi connectivity index (χ4n) is 1.97. The van der Waals surface area contributed by atoms with Gasteiger partial charge in [0.1, 0.15) is 0 Å². The van der Waals surface area contributed by atoms with Crippen LogP contribution in [0.15, 0.2) is 34.8 Å². The molecular formula is C14H16BrClN2S. The molecule has 2 rings (SSSR count). The molecule has 1 atom stereocenters. The monoisotopic (exact) mass is 358 g/mol. The van der Waals surface area contributed by atoms with Crippen LogP contribution in [0.5, 0.6) is 0 Å². The Balaban J connectivity index is 2.19. The van der Waals surface area contributed by atoms with Crippen molar-refractivity contribution < 1.29 is 0 Å². The SMILES string of the molecule is CCc1ccc(CC(NN)c2ccc(Cl)cc2Br)s1. The number of nitrogens with two attached hydrogens (primary N) is 1. The highest BCUT2D eigenvalue weighted by Gasteiger charge is 2.15. The summed E-state index contributed by atoms with van der Waals surface area (Å²) in [6, 6.07) is 10.2. The summed E-state index contributed by atoms with van der Waals surface area (Å²) >= 11 is 11.4. The molecule has 0 aliphatic heterocycles. The highest BCUT2D eigenvalue weighted by molar-refractivity contribution is 9.10. The van der Waals surface area contributed by atoms with Gasteiger partial charge in [-0.1, -0.05) is 40.5 Å². The summed E-state index contributed by atoms with van der Waals surface area (Å²) in [7, 11) is 0. The second-order valence-corrected chi connectivity index (χ2v) is 6.85. The lowest BCUT2D eigenvalue weighted by atomic mass is 10.0. The zero-order chi connectivity index (χ0) is 13.8. The Hall–Kier alpha value is -0.390. The summed E-state index contributed by atoms with van der Waals surface area (Å²) in [5.74, 6) is 5.70. The molecule has 0 spiro atoms. The number of hydrogen-bond acceptors (Lipinski definition) is 3. The molecule has 0 aliphatic rings. The maximum absolute atomic E-state index is 5.97. The summed E-state index contributed by atoms with van der Waals surface area (Å²) < 4.78 is 0.982. The molecule has 102 valence electrons. The Morgan fingerprint density at radius 2 is 2.05 bits per heavy atom. The van der Waals surface area contributed by atoms with Gasteiger partial charge in [0.15, 0.2) is 0 Å². The van der Waals surface area contributed by atoms with Gasteiger partial charge in [-0.25, -0.2) is 0 Å². The Kier molecular flexibility index (Phi) is 5.42. The predicted octanol–water partition coefficient (Wildman–Crippen LogP) is 4.47. The molecule has 0 radical (unpaired) electrons. The molecule has 0 fully saturated rings. The lowest BCUT2D eigenvalue weighted by molar-refractivity contribution is 0.553. The van der Waals surface area contributed by atoms with Crippen LogP contribution in [-0.4, -0.2) is 0 Å². The summed E-state index contributed by atoms with van der Waals surface area (Å²) in [5, 5.41) is 0.718. The minimum atomic E-state index is 0.0787. The van der Waals surface area contributed by atoms with Crippen LogP contribution in [0.25, 0.3) is 0 Å². The number of nitrogens with one attached hydrogen (secondary N) is 1. The molecule has 3 N–H and O–H groups in total. The van der Waals surface area contributed by atoms with Gasteiger partial charge in [0.05, 0.1) is 6.04 Å². The van der Waals surface area contributed by atoms with Gasteiger partial charge in [-0.3, -0.25) is 11.3 Å². The molecule has 1 aromatic carbocycles. The van der Waals surface area contributed by atoms with Crippen LogP contribution >= 0.6 is 38.9 Å². The van der Waals surface area contributed by atoms with E-state index < -0.39 is 0 Å². The van der Waals surface area contributed by atoms with Gasteiger partial charge in [0, 0.05) is 25.7 Å². The molecular weight excluding hydrogens is 344 g/mol. The van der Waals surface area contributed by atoms with E-state index >= 15 is 0 Å². The van der Waals surface area contributed by atoms with Gasteiger partial charge in [-0.15, -0.1) is 11.3 Å². The molecule has 0 aliphatic carbocycles. The van der Waals surface area contributed by atoms with Crippen LogP contribution in [0, 0.1) is 0 Å². The van der Waals surface area contributed by atoms with Crippen LogP contribution in [0.2, 0.25) is 5.02 Å². The first-order valence-electron chi connectivity index (χ1n) is 6.12. The molecule has 2 nitrogen and oxygen atoms in total. The minimum absolute atomic E-state index is 0.0787. The van der Waals surface area contributed by atoms with Crippen LogP contribution in [0.4, 0.5) is 0 Å². The van der Waals surface area contributed by atoms with E-state index in [9.17, 15) is 0 Å². The van der Waals surface area contributed by atoms with Crippen molar-refractivity contribution in [3.05, 3.63) is 55.1 Å². The van der Waals surface area contributed by atoms with Crippen LogP contribution in [0.1, 0.15) is 28.3 Å². The molecule has 0 saturated carbocycles. The summed E-state index contributed by atoms with van der Waals surface area (Å²) in [5.41, 5.74) is 4.01. The zero-order valence-corrected chi connectivity index (χ0v) is 13.8. The molecule has 1 unspecified atom stereocenters. The maximum atomic E-state index is 5.97. The van der Waals surface area contributed by atoms with Gasteiger partial charge >= 0.3 is 0 Å². The molecule has 2 aromatic rings. The Labute approximate surface area is 131 Å². The number of hydrogen-bond donors (Lipinski definition) is 2. The third-order valence-corrected chi connectivity index (χ3v) is 5.18. The largest absolute Gasteiger partial charge is 0.271 e. The Morgan fingerprint density at radius 3 is 2.63 bits per heavy atom. The van der Waals surface area contributed by atoms with Gasteiger partial charge in [0.2, 0.25) is 0 Å². The number of halogens is 2. The van der Waals surface area contributed by atoms with E-state index in [1.165, 1.54) is 9.75 Å². The van der Waals surface area contributed by atoms with E-state index in [0.717, 1.165) is 27.9 Å². The average Bonchev–Trinajstić information content (AvgIpc) is 2.84. The van der Waals surface area contributed by atoms with Crippen molar-refractivity contribution in [2.24, 2.45) is 5.84 Å². The van der Waals surface area contributed by atoms with Crippen molar-refractivity contribution in [1.29, 1.82) is 0 Å². The predicted molar refractivity (Wildman–Crippen MR) is 86.6 cm³/mol. The standard InChI is InChI=1S/C14H16BrClN2S/c1-2-10-4-5-11(19-10)8-14(18-17)12-6-3-9(16)7-13(12)15/h3-7,14,18H,2,8,17H2,1H3. The van der Waals surface area contributed by atoms with Crippen molar-refractivity contribution in [3.63, 3.8) is 0 Å². The Morgan fingerprint density at radius 1 is 1.32 bits per heavy atom. The summed E-state index contributed by atoms with van der Waals surface area (Å²) in [6.45, 7) is 2.17. The number of hydrazine groups is 1. The van der Waals surface area contributed by atoms with Gasteiger partial charge in [-0.2, -0.15) is 0 Å². The minimum Gasteiger partial charge on any atom is -0.271 e. The van der Waals surface area contributed by atoms with Crippen molar-refractivity contribution >= 4 is 38.9 Å². The number of thiophene rings is 1. The molecule has 1 aromatic heterocycles. The Bertz CT molecular complexity index is 556. The zero-order valence-electron chi connectivity index (χ0n) is 10.6. The van der Waals surface area contributed by atoms with Crippen molar-refractivity contribution in [2.45, 2.75) is 25.8 Å². The second-order valence-electron chi connectivity index (χ2n) is 4.31. The molecule has 5 heteroatoms. The first-order valence-corrected chi connectivity index (χ1v) is 8.11. The smallest absolute Gasteiger partial charge is 0.0519 e. The normalized spacial score (nSPS) is 12.6. The highest BCUT2D eigenvalue weighted by atomic mass is 79.9. The van der Waals surface area contributed by atoms with E-state index in [0.29, 0.717) is 0 Å². The third-order valence-electron chi connectivity index (χ3n) is 3.01. The first-order chi connectivity index (χ1) is 9.13. The van der Waals surface area contributed by atoms with E-state index in [4.69, 9.17) is 17.4 Å². The second kappa shape index (κ2) is 6.86. The first kappa shape index (κ1) is 15.0. The fourth-order valence-corrected chi connectivity index (χ4v) is 3.93. The van der Waals surface area contributed by atoms with E-state index in [1.54, 1.807) is 0 Å².